The van der Waals surface area contributed by atoms with Gasteiger partial charge in [-0.2, -0.15) is 0 Å². The van der Waals surface area contributed by atoms with Gasteiger partial charge in [0.15, 0.2) is 0 Å². The van der Waals surface area contributed by atoms with E-state index in [0.29, 0.717) is 13.0 Å². The molecule has 0 saturated heterocycles. The highest BCUT2D eigenvalue weighted by Crippen LogP contribution is 1.97. The Morgan fingerprint density at radius 1 is 1.31 bits per heavy atom. The predicted octanol–water partition coefficient (Wildman–Crippen LogP) is 0.299. The molecule has 0 amide bonds. The zero-order chi connectivity index (χ0) is 10.5. The van der Waals surface area contributed by atoms with E-state index in [0.717, 1.165) is 0 Å². The average molecular weight is 208 g/mol. The molecule has 0 fully saturated rings. The van der Waals surface area contributed by atoms with Gasteiger partial charge in [-0.3, -0.25) is 0 Å². The summed E-state index contributed by atoms with van der Waals surface area (Å²) in [5, 5.41) is 0. The summed E-state index contributed by atoms with van der Waals surface area (Å²) in [5.74, 6) is 0.346. The van der Waals surface area contributed by atoms with Crippen LogP contribution in [0.5, 0.6) is 0 Å². The maximum absolute atomic E-state index is 11.3. The first-order valence-electron chi connectivity index (χ1n) is 4.56. The lowest BCUT2D eigenvalue weighted by Crippen LogP contribution is -2.32. The van der Waals surface area contributed by atoms with E-state index in [4.69, 9.17) is 5.73 Å². The lowest BCUT2D eigenvalue weighted by atomic mass is 10.3. The molecule has 4 nitrogen and oxygen atoms in total. The molecule has 1 atom stereocenters. The molecule has 0 aromatic carbocycles. The minimum Gasteiger partial charge on any atom is -0.328 e. The van der Waals surface area contributed by atoms with Crippen molar-refractivity contribution in [3.63, 3.8) is 0 Å². The van der Waals surface area contributed by atoms with Crippen molar-refractivity contribution >= 4 is 10.0 Å². The van der Waals surface area contributed by atoms with Crippen molar-refractivity contribution in [1.82, 2.24) is 4.72 Å². The van der Waals surface area contributed by atoms with Crippen molar-refractivity contribution in [2.45, 2.75) is 33.2 Å². The number of hydrogen-bond acceptors (Lipinski definition) is 3. The summed E-state index contributed by atoms with van der Waals surface area (Å²) in [4.78, 5) is 0. The SMILES string of the molecule is CC(C)CS(=O)(=O)NCCC(C)N. The number of nitrogens with two attached hydrogens (primary N) is 1. The zero-order valence-electron chi connectivity index (χ0n) is 8.58. The lowest BCUT2D eigenvalue weighted by Gasteiger charge is -2.09. The molecule has 0 heterocycles. The topological polar surface area (TPSA) is 72.2 Å². The van der Waals surface area contributed by atoms with Crippen LogP contribution in [0, 0.1) is 5.92 Å². The maximum Gasteiger partial charge on any atom is 0.211 e. The third-order valence-electron chi connectivity index (χ3n) is 1.47. The Kier molecular flexibility index (Phi) is 5.51. The smallest absolute Gasteiger partial charge is 0.211 e. The van der Waals surface area contributed by atoms with E-state index in [-0.39, 0.29) is 17.7 Å². The summed E-state index contributed by atoms with van der Waals surface area (Å²) in [6, 6.07) is 0.0433. The molecule has 0 aromatic rings. The van der Waals surface area contributed by atoms with Crippen molar-refractivity contribution in [1.29, 1.82) is 0 Å². The summed E-state index contributed by atoms with van der Waals surface area (Å²) in [5.41, 5.74) is 5.49. The molecular weight excluding hydrogens is 188 g/mol. The van der Waals surface area contributed by atoms with E-state index >= 15 is 0 Å². The summed E-state index contributed by atoms with van der Waals surface area (Å²) >= 11 is 0. The fourth-order valence-corrected chi connectivity index (χ4v) is 2.36. The van der Waals surface area contributed by atoms with E-state index in [1.54, 1.807) is 0 Å². The molecule has 0 radical (unpaired) electrons. The van der Waals surface area contributed by atoms with E-state index in [1.165, 1.54) is 0 Å². The van der Waals surface area contributed by atoms with Gasteiger partial charge in [0, 0.05) is 12.6 Å². The molecule has 13 heavy (non-hydrogen) atoms. The standard InChI is InChI=1S/C8H20N2O2S/c1-7(2)6-13(11,12)10-5-4-8(3)9/h7-8,10H,4-6,9H2,1-3H3. The molecule has 0 bridgehead atoms. The van der Waals surface area contributed by atoms with Crippen LogP contribution in [0.2, 0.25) is 0 Å². The van der Waals surface area contributed by atoms with Crippen LogP contribution < -0.4 is 10.5 Å². The second kappa shape index (κ2) is 5.57. The van der Waals surface area contributed by atoms with Gasteiger partial charge in [-0.25, -0.2) is 13.1 Å². The number of sulfonamides is 1. The molecule has 0 aliphatic carbocycles. The molecule has 0 spiro atoms. The highest BCUT2D eigenvalue weighted by molar-refractivity contribution is 7.89. The van der Waals surface area contributed by atoms with E-state index in [2.05, 4.69) is 4.72 Å². The quantitative estimate of drug-likeness (QED) is 0.659. The third kappa shape index (κ3) is 8.21. The number of hydrogen-bond donors (Lipinski definition) is 2. The Bertz CT molecular complexity index is 222. The normalized spacial score (nSPS) is 14.8. The van der Waals surface area contributed by atoms with Crippen molar-refractivity contribution in [2.75, 3.05) is 12.3 Å². The van der Waals surface area contributed by atoms with Gasteiger partial charge in [-0.05, 0) is 19.3 Å². The third-order valence-corrected chi connectivity index (χ3v) is 3.22. The van der Waals surface area contributed by atoms with Gasteiger partial charge in [0.1, 0.15) is 0 Å². The van der Waals surface area contributed by atoms with Gasteiger partial charge in [0.25, 0.3) is 0 Å². The molecule has 0 aliphatic heterocycles. The van der Waals surface area contributed by atoms with Gasteiger partial charge in [-0.15, -0.1) is 0 Å². The Morgan fingerprint density at radius 3 is 2.23 bits per heavy atom. The van der Waals surface area contributed by atoms with E-state index in [1.807, 2.05) is 20.8 Å². The maximum atomic E-state index is 11.3. The van der Waals surface area contributed by atoms with Gasteiger partial charge < -0.3 is 5.73 Å². The van der Waals surface area contributed by atoms with E-state index in [9.17, 15) is 8.42 Å². The van der Waals surface area contributed by atoms with Crippen LogP contribution in [0.25, 0.3) is 0 Å². The van der Waals surface area contributed by atoms with Gasteiger partial charge in [0.05, 0.1) is 5.75 Å². The van der Waals surface area contributed by atoms with Crippen LogP contribution in [0.4, 0.5) is 0 Å². The van der Waals surface area contributed by atoms with Crippen LogP contribution in [0.1, 0.15) is 27.2 Å². The zero-order valence-corrected chi connectivity index (χ0v) is 9.39. The first-order chi connectivity index (χ1) is 5.83. The van der Waals surface area contributed by atoms with Crippen LogP contribution in [-0.4, -0.2) is 26.8 Å². The second-order valence-electron chi connectivity index (χ2n) is 3.84. The van der Waals surface area contributed by atoms with Crippen LogP contribution in [0.3, 0.4) is 0 Å². The fraction of sp³-hybridized carbons (Fsp3) is 1.00. The number of rotatable bonds is 6. The lowest BCUT2D eigenvalue weighted by molar-refractivity contribution is 0.560. The molecule has 0 saturated carbocycles. The van der Waals surface area contributed by atoms with Crippen LogP contribution in [-0.2, 0) is 10.0 Å². The first-order valence-corrected chi connectivity index (χ1v) is 6.21. The summed E-state index contributed by atoms with van der Waals surface area (Å²) in [7, 11) is -3.08. The van der Waals surface area contributed by atoms with Crippen molar-refractivity contribution in [2.24, 2.45) is 11.7 Å². The molecule has 0 aromatic heterocycles. The number of nitrogens with one attached hydrogen (secondary N) is 1. The Labute approximate surface area is 80.9 Å². The fourth-order valence-electron chi connectivity index (χ4n) is 0.940. The molecule has 80 valence electrons. The van der Waals surface area contributed by atoms with E-state index < -0.39 is 10.0 Å². The minimum absolute atomic E-state index is 0.0433. The molecule has 0 rings (SSSR count). The Hall–Kier alpha value is -0.130. The first kappa shape index (κ1) is 12.9. The Balaban J connectivity index is 3.77. The predicted molar refractivity (Wildman–Crippen MR) is 54.9 cm³/mol. The summed E-state index contributed by atoms with van der Waals surface area (Å²) in [6.45, 7) is 6.05. The highest BCUT2D eigenvalue weighted by atomic mass is 32.2. The molecule has 5 heteroatoms. The monoisotopic (exact) mass is 208 g/mol. The molecule has 3 N–H and O–H groups in total. The minimum atomic E-state index is -3.08. The molecule has 0 aliphatic rings. The van der Waals surface area contributed by atoms with Crippen LogP contribution >= 0.6 is 0 Å². The second-order valence-corrected chi connectivity index (χ2v) is 5.69. The van der Waals surface area contributed by atoms with Gasteiger partial charge >= 0.3 is 0 Å². The van der Waals surface area contributed by atoms with Crippen LogP contribution in [0.15, 0.2) is 0 Å². The Morgan fingerprint density at radius 2 is 1.85 bits per heavy atom. The average Bonchev–Trinajstić information content (AvgIpc) is 1.81. The highest BCUT2D eigenvalue weighted by Gasteiger charge is 2.11. The largest absolute Gasteiger partial charge is 0.328 e. The van der Waals surface area contributed by atoms with Crippen molar-refractivity contribution < 1.29 is 8.42 Å². The van der Waals surface area contributed by atoms with Gasteiger partial charge in [-0.1, -0.05) is 13.8 Å². The molecule has 1 unspecified atom stereocenters. The summed E-state index contributed by atoms with van der Waals surface area (Å²) in [6.07, 6.45) is 0.678. The van der Waals surface area contributed by atoms with Crippen molar-refractivity contribution in [3.05, 3.63) is 0 Å². The summed E-state index contributed by atoms with van der Waals surface area (Å²) < 4.78 is 25.1. The van der Waals surface area contributed by atoms with Crippen molar-refractivity contribution in [3.8, 4) is 0 Å². The van der Waals surface area contributed by atoms with Gasteiger partial charge in [0.2, 0.25) is 10.0 Å². The molecular formula is C8H20N2O2S.